The predicted molar refractivity (Wildman–Crippen MR) is 117 cm³/mol. The fourth-order valence-electron chi connectivity index (χ4n) is 4.87. The monoisotopic (exact) mass is 424 g/mol. The van der Waals surface area contributed by atoms with Gasteiger partial charge in [0, 0.05) is 34.6 Å². The quantitative estimate of drug-likeness (QED) is 0.598. The molecule has 5 rings (SSSR count). The van der Waals surface area contributed by atoms with Gasteiger partial charge in [-0.05, 0) is 50.7 Å². The minimum Gasteiger partial charge on any atom is -0.464 e. The first-order valence-corrected chi connectivity index (χ1v) is 11.0. The minimum atomic E-state index is -0.129. The van der Waals surface area contributed by atoms with Crippen molar-refractivity contribution in [2.75, 3.05) is 5.32 Å². The molecule has 1 aliphatic heterocycles. The summed E-state index contributed by atoms with van der Waals surface area (Å²) in [6.07, 6.45) is 7.22. The summed E-state index contributed by atoms with van der Waals surface area (Å²) >= 11 is 6.38. The molecule has 2 aromatic heterocycles. The van der Waals surface area contributed by atoms with Crippen LogP contribution in [-0.2, 0) is 4.79 Å². The highest BCUT2D eigenvalue weighted by molar-refractivity contribution is 6.20. The van der Waals surface area contributed by atoms with Crippen LogP contribution in [0.1, 0.15) is 32.6 Å². The topological polar surface area (TPSA) is 80.1 Å². The number of alkyl halides is 1. The summed E-state index contributed by atoms with van der Waals surface area (Å²) in [6, 6.07) is 9.94. The highest BCUT2D eigenvalue weighted by Gasteiger charge is 2.41. The molecular weight excluding hydrogens is 400 g/mol. The van der Waals surface area contributed by atoms with E-state index in [1.807, 2.05) is 37.3 Å². The Morgan fingerprint density at radius 3 is 3.00 bits per heavy atom. The largest absolute Gasteiger partial charge is 0.464 e. The van der Waals surface area contributed by atoms with Gasteiger partial charge in [-0.2, -0.15) is 0 Å². The third-order valence-corrected chi connectivity index (χ3v) is 6.91. The number of piperidine rings is 1. The molecule has 4 unspecified atom stereocenters. The lowest BCUT2D eigenvalue weighted by atomic mass is 9.74. The standard InChI is InChI=1S/C23H25ClN4O2/c1-13(17-11-14-10-15(24)6-7-19(14)27-22(17)29)26-23-25-9-8-20(28-23)18-12-30-21-5-3-2-4-16(18)21/h2-5,8-9,12-15,17,19H,6-7,10-11H2,1H3,(H,27,29)(H,25,26,28)/t13-,14?,15?,17?,19?/m0/s1. The van der Waals surface area contributed by atoms with E-state index in [9.17, 15) is 4.79 Å². The Labute approximate surface area is 180 Å². The SMILES string of the molecule is C[C@H](Nc1nccc(-c2coc3ccccc23)n1)C1CC2CC(Cl)CCC2NC1=O. The molecule has 30 heavy (non-hydrogen) atoms. The van der Waals surface area contributed by atoms with Gasteiger partial charge in [-0.15, -0.1) is 11.6 Å². The number of amides is 1. The van der Waals surface area contributed by atoms with Gasteiger partial charge in [0.2, 0.25) is 11.9 Å². The lowest BCUT2D eigenvalue weighted by Crippen LogP contribution is -2.55. The van der Waals surface area contributed by atoms with Crippen LogP contribution in [-0.4, -0.2) is 33.3 Å². The van der Waals surface area contributed by atoms with Crippen molar-refractivity contribution in [1.82, 2.24) is 15.3 Å². The van der Waals surface area contributed by atoms with E-state index in [1.165, 1.54) is 0 Å². The van der Waals surface area contributed by atoms with Crippen LogP contribution in [0.15, 0.2) is 47.2 Å². The molecule has 0 spiro atoms. The zero-order valence-electron chi connectivity index (χ0n) is 16.8. The van der Waals surface area contributed by atoms with Crippen molar-refractivity contribution in [1.29, 1.82) is 0 Å². The maximum Gasteiger partial charge on any atom is 0.225 e. The Hall–Kier alpha value is -2.60. The van der Waals surface area contributed by atoms with Gasteiger partial charge >= 0.3 is 0 Å². The van der Waals surface area contributed by atoms with Gasteiger partial charge < -0.3 is 15.1 Å². The van der Waals surface area contributed by atoms with Crippen LogP contribution in [0.4, 0.5) is 5.95 Å². The first-order chi connectivity index (χ1) is 14.6. The molecule has 1 aromatic carbocycles. The van der Waals surface area contributed by atoms with Crippen molar-refractivity contribution in [3.8, 4) is 11.3 Å². The molecule has 0 radical (unpaired) electrons. The smallest absolute Gasteiger partial charge is 0.225 e. The van der Waals surface area contributed by atoms with Gasteiger partial charge in [-0.25, -0.2) is 9.97 Å². The summed E-state index contributed by atoms with van der Waals surface area (Å²) in [6.45, 7) is 2.02. The normalized spacial score (nSPS) is 27.3. The van der Waals surface area contributed by atoms with Gasteiger partial charge in [0.15, 0.2) is 0 Å². The van der Waals surface area contributed by atoms with Crippen LogP contribution >= 0.6 is 11.6 Å². The molecule has 2 fully saturated rings. The number of anilines is 1. The van der Waals surface area contributed by atoms with Crippen molar-refractivity contribution in [2.24, 2.45) is 11.8 Å². The van der Waals surface area contributed by atoms with E-state index < -0.39 is 0 Å². The van der Waals surface area contributed by atoms with Crippen molar-refractivity contribution >= 4 is 34.4 Å². The summed E-state index contributed by atoms with van der Waals surface area (Å²) in [5, 5.41) is 7.80. The molecular formula is C23H25ClN4O2. The van der Waals surface area contributed by atoms with Crippen molar-refractivity contribution in [2.45, 2.75) is 50.1 Å². The average molecular weight is 425 g/mol. The number of halogens is 1. The number of fused-ring (bicyclic) bond motifs is 2. The third-order valence-electron chi connectivity index (χ3n) is 6.51. The molecule has 1 saturated heterocycles. The number of nitrogens with one attached hydrogen (secondary N) is 2. The molecule has 7 heteroatoms. The second kappa shape index (κ2) is 7.91. The Kier molecular flexibility index (Phi) is 5.11. The van der Waals surface area contributed by atoms with Crippen molar-refractivity contribution < 1.29 is 9.21 Å². The Morgan fingerprint density at radius 2 is 2.10 bits per heavy atom. The molecule has 0 bridgehead atoms. The molecule has 1 aliphatic carbocycles. The summed E-state index contributed by atoms with van der Waals surface area (Å²) in [5.74, 6) is 0.938. The van der Waals surface area contributed by atoms with Crippen LogP contribution < -0.4 is 10.6 Å². The lowest BCUT2D eigenvalue weighted by molar-refractivity contribution is -0.130. The predicted octanol–water partition coefficient (Wildman–Crippen LogP) is 4.60. The fourth-order valence-corrected chi connectivity index (χ4v) is 5.22. The van der Waals surface area contributed by atoms with E-state index in [2.05, 4.69) is 20.6 Å². The maximum atomic E-state index is 12.7. The summed E-state index contributed by atoms with van der Waals surface area (Å²) < 4.78 is 5.65. The van der Waals surface area contributed by atoms with Crippen molar-refractivity contribution in [3.05, 3.63) is 42.8 Å². The number of para-hydroxylation sites is 1. The zero-order valence-corrected chi connectivity index (χ0v) is 17.6. The summed E-state index contributed by atoms with van der Waals surface area (Å²) in [4.78, 5) is 21.8. The molecule has 3 heterocycles. The van der Waals surface area contributed by atoms with Crippen LogP contribution in [0.3, 0.4) is 0 Å². The van der Waals surface area contributed by atoms with E-state index >= 15 is 0 Å². The van der Waals surface area contributed by atoms with Crippen LogP contribution in [0, 0.1) is 11.8 Å². The lowest BCUT2D eigenvalue weighted by Gasteiger charge is -2.42. The Balaban J connectivity index is 1.33. The number of hydrogen-bond donors (Lipinski definition) is 2. The third kappa shape index (κ3) is 3.65. The number of hydrogen-bond acceptors (Lipinski definition) is 5. The second-order valence-electron chi connectivity index (χ2n) is 8.47. The van der Waals surface area contributed by atoms with Gasteiger partial charge in [0.25, 0.3) is 0 Å². The van der Waals surface area contributed by atoms with Gasteiger partial charge in [0.1, 0.15) is 11.8 Å². The minimum absolute atomic E-state index is 0.0852. The van der Waals surface area contributed by atoms with Crippen LogP contribution in [0.5, 0.6) is 0 Å². The number of furan rings is 1. The molecule has 1 saturated carbocycles. The van der Waals surface area contributed by atoms with E-state index in [0.717, 1.165) is 47.9 Å². The number of nitrogens with zero attached hydrogens (tertiary/aromatic N) is 2. The second-order valence-corrected chi connectivity index (χ2v) is 9.09. The summed E-state index contributed by atoms with van der Waals surface area (Å²) in [7, 11) is 0. The Morgan fingerprint density at radius 1 is 1.23 bits per heavy atom. The molecule has 5 atom stereocenters. The molecule has 6 nitrogen and oxygen atoms in total. The maximum absolute atomic E-state index is 12.7. The van der Waals surface area contributed by atoms with E-state index in [4.69, 9.17) is 16.0 Å². The van der Waals surface area contributed by atoms with Crippen molar-refractivity contribution in [3.63, 3.8) is 0 Å². The average Bonchev–Trinajstić information content (AvgIpc) is 3.18. The first-order valence-electron chi connectivity index (χ1n) is 10.6. The fraction of sp³-hybridized carbons (Fsp3) is 0.435. The van der Waals surface area contributed by atoms with E-state index in [-0.39, 0.29) is 29.3 Å². The Bertz CT molecular complexity index is 1070. The van der Waals surface area contributed by atoms with E-state index in [1.54, 1.807) is 12.5 Å². The molecule has 156 valence electrons. The highest BCUT2D eigenvalue weighted by atomic mass is 35.5. The molecule has 2 N–H and O–H groups in total. The zero-order chi connectivity index (χ0) is 20.7. The van der Waals surface area contributed by atoms with Crippen LogP contribution in [0.2, 0.25) is 0 Å². The first kappa shape index (κ1) is 19.4. The number of rotatable bonds is 4. The van der Waals surface area contributed by atoms with Gasteiger partial charge in [0.05, 0.1) is 11.6 Å². The number of carbonyl (C=O) groups excluding carboxylic acids is 1. The van der Waals surface area contributed by atoms with Gasteiger partial charge in [-0.3, -0.25) is 4.79 Å². The number of aromatic nitrogens is 2. The van der Waals surface area contributed by atoms with Gasteiger partial charge in [-0.1, -0.05) is 18.2 Å². The summed E-state index contributed by atoms with van der Waals surface area (Å²) in [5.41, 5.74) is 2.54. The molecule has 3 aromatic rings. The van der Waals surface area contributed by atoms with E-state index in [0.29, 0.717) is 11.9 Å². The number of carbonyl (C=O) groups is 1. The highest BCUT2D eigenvalue weighted by Crippen LogP contribution is 2.37. The molecule has 1 amide bonds. The van der Waals surface area contributed by atoms with Crippen LogP contribution in [0.25, 0.3) is 22.2 Å². The molecule has 2 aliphatic rings. The number of benzene rings is 1.